The lowest BCUT2D eigenvalue weighted by Gasteiger charge is -2.36. The molecule has 0 unspecified atom stereocenters. The Labute approximate surface area is 206 Å². The van der Waals surface area contributed by atoms with Gasteiger partial charge >= 0.3 is 0 Å². The number of hydrogen-bond acceptors (Lipinski definition) is 2. The van der Waals surface area contributed by atoms with Crippen molar-refractivity contribution in [1.29, 1.82) is 0 Å². The molecule has 3 rings (SSSR count). The summed E-state index contributed by atoms with van der Waals surface area (Å²) >= 11 is 0. The molecular weight excluding hydrogens is 420 g/mol. The van der Waals surface area contributed by atoms with Crippen molar-refractivity contribution in [3.8, 4) is 0 Å². The second-order valence-corrected chi connectivity index (χ2v) is 10.3. The Balaban J connectivity index is 1.85. The average Bonchev–Trinajstić information content (AvgIpc) is 2.82. The molecule has 4 nitrogen and oxygen atoms in total. The lowest BCUT2D eigenvalue weighted by atomic mass is 9.91. The van der Waals surface area contributed by atoms with Crippen LogP contribution in [0.4, 0.5) is 5.69 Å². The predicted molar refractivity (Wildman–Crippen MR) is 141 cm³/mol. The van der Waals surface area contributed by atoms with Crippen molar-refractivity contribution >= 4 is 17.5 Å². The van der Waals surface area contributed by atoms with Gasteiger partial charge in [-0.15, -0.1) is 0 Å². The Morgan fingerprint density at radius 1 is 0.882 bits per heavy atom. The molecule has 0 saturated carbocycles. The molecule has 1 heterocycles. The maximum atomic E-state index is 13.8. The first-order valence-electron chi connectivity index (χ1n) is 13.1. The van der Waals surface area contributed by atoms with Crippen molar-refractivity contribution in [2.24, 2.45) is 0 Å². The van der Waals surface area contributed by atoms with Crippen molar-refractivity contribution in [3.63, 3.8) is 0 Å². The summed E-state index contributed by atoms with van der Waals surface area (Å²) in [5.41, 5.74) is 5.52. The summed E-state index contributed by atoms with van der Waals surface area (Å²) in [6.45, 7) is 11.3. The van der Waals surface area contributed by atoms with Gasteiger partial charge in [-0.3, -0.25) is 9.59 Å². The fourth-order valence-corrected chi connectivity index (χ4v) is 4.94. The molecule has 184 valence electrons. The molecule has 0 radical (unpaired) electrons. The van der Waals surface area contributed by atoms with Crippen molar-refractivity contribution in [1.82, 2.24) is 4.90 Å². The van der Waals surface area contributed by atoms with E-state index in [0.29, 0.717) is 31.2 Å². The first-order valence-corrected chi connectivity index (χ1v) is 13.1. The smallest absolute Gasteiger partial charge is 0.247 e. The van der Waals surface area contributed by atoms with Crippen LogP contribution in [0.1, 0.15) is 107 Å². The van der Waals surface area contributed by atoms with Gasteiger partial charge in [-0.1, -0.05) is 103 Å². The number of nitrogens with one attached hydrogen (secondary N) is 1. The molecule has 0 aromatic heterocycles. The van der Waals surface area contributed by atoms with Gasteiger partial charge in [0, 0.05) is 25.1 Å². The first kappa shape index (κ1) is 26.0. The van der Waals surface area contributed by atoms with E-state index >= 15 is 0 Å². The van der Waals surface area contributed by atoms with Gasteiger partial charge in [0.15, 0.2) is 0 Å². The largest absolute Gasteiger partial charge is 0.326 e. The monoisotopic (exact) mass is 462 g/mol. The average molecular weight is 463 g/mol. The highest BCUT2D eigenvalue weighted by Crippen LogP contribution is 2.33. The van der Waals surface area contributed by atoms with Crippen molar-refractivity contribution in [2.75, 3.05) is 5.32 Å². The third kappa shape index (κ3) is 6.28. The number of para-hydroxylation sites is 1. The molecule has 2 aromatic rings. The first-order chi connectivity index (χ1) is 16.3. The molecule has 4 heteroatoms. The molecular formula is C30H42N2O2. The maximum absolute atomic E-state index is 13.8. The molecule has 0 aliphatic carbocycles. The number of unbranched alkanes of at least 4 members (excludes halogenated alkanes) is 4. The van der Waals surface area contributed by atoms with Crippen LogP contribution in [0, 0.1) is 0 Å². The Morgan fingerprint density at radius 3 is 2.12 bits per heavy atom. The summed E-state index contributed by atoms with van der Waals surface area (Å²) in [7, 11) is 0. The van der Waals surface area contributed by atoms with E-state index < -0.39 is 6.04 Å². The summed E-state index contributed by atoms with van der Waals surface area (Å²) in [5.74, 6) is 0.597. The van der Waals surface area contributed by atoms with E-state index in [0.717, 1.165) is 40.8 Å². The summed E-state index contributed by atoms with van der Waals surface area (Å²) in [4.78, 5) is 28.9. The summed E-state index contributed by atoms with van der Waals surface area (Å²) in [5, 5.41) is 3.28. The Hall–Kier alpha value is -2.62. The standard InChI is InChI=1S/C30H42N2O2/c1-6-7-8-9-10-18-28(33)32-20-24-15-12-11-14-23(24)19-27(32)30(34)31-29-25(21(2)3)16-13-17-26(29)22(4)5/h11-17,21-22,27H,6-10,18-20H2,1-5H3,(H,31,34)/t27-/m0/s1. The van der Waals surface area contributed by atoms with Gasteiger partial charge in [0.2, 0.25) is 11.8 Å². The molecule has 0 saturated heterocycles. The van der Waals surface area contributed by atoms with Crippen molar-refractivity contribution in [3.05, 3.63) is 64.7 Å². The topological polar surface area (TPSA) is 49.4 Å². The van der Waals surface area contributed by atoms with Gasteiger partial charge in [0.1, 0.15) is 6.04 Å². The van der Waals surface area contributed by atoms with Crippen LogP contribution in [0.3, 0.4) is 0 Å². The molecule has 0 spiro atoms. The number of amides is 2. The van der Waals surface area contributed by atoms with Gasteiger partial charge in [-0.25, -0.2) is 0 Å². The van der Waals surface area contributed by atoms with Crippen molar-refractivity contribution < 1.29 is 9.59 Å². The fraction of sp³-hybridized carbons (Fsp3) is 0.533. The normalized spacial score (nSPS) is 15.5. The van der Waals surface area contributed by atoms with E-state index in [1.165, 1.54) is 19.3 Å². The lowest BCUT2D eigenvalue weighted by Crippen LogP contribution is -2.50. The number of carbonyl (C=O) groups is 2. The predicted octanol–water partition coefficient (Wildman–Crippen LogP) is 7.19. The number of rotatable bonds is 10. The highest BCUT2D eigenvalue weighted by atomic mass is 16.2. The minimum Gasteiger partial charge on any atom is -0.326 e. The SMILES string of the molecule is CCCCCCCC(=O)N1Cc2ccccc2C[C@H]1C(=O)Nc1c(C(C)C)cccc1C(C)C. The number of carbonyl (C=O) groups excluding carboxylic acids is 2. The van der Waals surface area contributed by atoms with E-state index in [1.54, 1.807) is 0 Å². The molecule has 1 aliphatic heterocycles. The van der Waals surface area contributed by atoms with Crippen LogP contribution < -0.4 is 5.32 Å². The molecule has 2 amide bonds. The Morgan fingerprint density at radius 2 is 1.50 bits per heavy atom. The number of benzene rings is 2. The summed E-state index contributed by atoms with van der Waals surface area (Å²) in [6.07, 6.45) is 6.60. The maximum Gasteiger partial charge on any atom is 0.247 e. The zero-order chi connectivity index (χ0) is 24.7. The van der Waals surface area contributed by atoms with Gasteiger partial charge in [-0.2, -0.15) is 0 Å². The van der Waals surface area contributed by atoms with Crippen LogP contribution in [-0.4, -0.2) is 22.8 Å². The zero-order valence-corrected chi connectivity index (χ0v) is 21.7. The van der Waals surface area contributed by atoms with Crippen LogP contribution in [0.2, 0.25) is 0 Å². The summed E-state index contributed by atoms with van der Waals surface area (Å²) in [6, 6.07) is 14.0. The number of nitrogens with zero attached hydrogens (tertiary/aromatic N) is 1. The van der Waals surface area contributed by atoms with Gasteiger partial charge in [0.25, 0.3) is 0 Å². The Kier molecular flexibility index (Phi) is 9.32. The molecule has 0 fully saturated rings. The van der Waals surface area contributed by atoms with E-state index in [4.69, 9.17) is 0 Å². The number of fused-ring (bicyclic) bond motifs is 1. The molecule has 2 aromatic carbocycles. The molecule has 1 N–H and O–H groups in total. The van der Waals surface area contributed by atoms with Crippen LogP contribution in [-0.2, 0) is 22.6 Å². The Bertz CT molecular complexity index is 953. The third-order valence-corrected chi connectivity index (χ3v) is 6.99. The second-order valence-electron chi connectivity index (χ2n) is 10.3. The van der Waals surface area contributed by atoms with Gasteiger partial charge in [0.05, 0.1) is 0 Å². The fourth-order valence-electron chi connectivity index (χ4n) is 4.94. The highest BCUT2D eigenvalue weighted by Gasteiger charge is 2.35. The molecule has 0 bridgehead atoms. The van der Waals surface area contributed by atoms with E-state index in [1.807, 2.05) is 17.0 Å². The highest BCUT2D eigenvalue weighted by molar-refractivity contribution is 5.99. The third-order valence-electron chi connectivity index (χ3n) is 6.99. The van der Waals surface area contributed by atoms with E-state index in [9.17, 15) is 9.59 Å². The van der Waals surface area contributed by atoms with E-state index in [-0.39, 0.29) is 11.8 Å². The molecule has 1 aliphatic rings. The van der Waals surface area contributed by atoms with Gasteiger partial charge in [-0.05, 0) is 40.5 Å². The second kappa shape index (κ2) is 12.2. The van der Waals surface area contributed by atoms with Crippen LogP contribution in [0.5, 0.6) is 0 Å². The lowest BCUT2D eigenvalue weighted by molar-refractivity contribution is -0.140. The minimum atomic E-state index is -0.488. The molecule has 34 heavy (non-hydrogen) atoms. The van der Waals surface area contributed by atoms with Crippen LogP contribution in [0.15, 0.2) is 42.5 Å². The number of anilines is 1. The zero-order valence-electron chi connectivity index (χ0n) is 21.7. The van der Waals surface area contributed by atoms with Gasteiger partial charge < -0.3 is 10.2 Å². The van der Waals surface area contributed by atoms with E-state index in [2.05, 4.69) is 70.3 Å². The molecule has 1 atom stereocenters. The van der Waals surface area contributed by atoms with Crippen LogP contribution >= 0.6 is 0 Å². The summed E-state index contributed by atoms with van der Waals surface area (Å²) < 4.78 is 0. The van der Waals surface area contributed by atoms with Crippen LogP contribution in [0.25, 0.3) is 0 Å². The minimum absolute atomic E-state index is 0.0798. The quantitative estimate of drug-likeness (QED) is 0.380. The van der Waals surface area contributed by atoms with Crippen molar-refractivity contribution in [2.45, 2.75) is 104 Å². The number of hydrogen-bond donors (Lipinski definition) is 1.